The lowest BCUT2D eigenvalue weighted by Gasteiger charge is -2.20. The van der Waals surface area contributed by atoms with E-state index in [1.54, 1.807) is 17.5 Å². The third-order valence-corrected chi connectivity index (χ3v) is 6.17. The van der Waals surface area contributed by atoms with Crippen LogP contribution in [-0.2, 0) is 10.0 Å². The Morgan fingerprint density at radius 2 is 2.00 bits per heavy atom. The fourth-order valence-electron chi connectivity index (χ4n) is 2.20. The monoisotopic (exact) mass is 336 g/mol. The summed E-state index contributed by atoms with van der Waals surface area (Å²) in [5.41, 5.74) is 0.693. The van der Waals surface area contributed by atoms with E-state index in [-0.39, 0.29) is 5.92 Å². The van der Waals surface area contributed by atoms with Gasteiger partial charge in [-0.05, 0) is 29.5 Å². The second-order valence-electron chi connectivity index (χ2n) is 5.26. The van der Waals surface area contributed by atoms with Gasteiger partial charge < -0.3 is 0 Å². The summed E-state index contributed by atoms with van der Waals surface area (Å²) in [6.45, 7) is 3.90. The van der Waals surface area contributed by atoms with Gasteiger partial charge in [-0.2, -0.15) is 4.72 Å². The van der Waals surface area contributed by atoms with Gasteiger partial charge in [0.1, 0.15) is 4.21 Å². The van der Waals surface area contributed by atoms with Crippen molar-refractivity contribution in [1.82, 2.24) is 19.3 Å². The van der Waals surface area contributed by atoms with Crippen LogP contribution in [0.5, 0.6) is 0 Å². The van der Waals surface area contributed by atoms with Gasteiger partial charge in [0.15, 0.2) is 11.5 Å². The molecule has 6 nitrogen and oxygen atoms in total. The number of fused-ring (bicyclic) bond motifs is 1. The summed E-state index contributed by atoms with van der Waals surface area (Å²) in [4.78, 5) is 0. The lowest BCUT2D eigenvalue weighted by Crippen LogP contribution is -2.32. The summed E-state index contributed by atoms with van der Waals surface area (Å²) in [7, 11) is -3.57. The minimum atomic E-state index is -3.57. The van der Waals surface area contributed by atoms with E-state index in [1.165, 1.54) is 11.3 Å². The number of sulfonamides is 1. The molecule has 0 aliphatic heterocycles. The minimum absolute atomic E-state index is 0.0299. The fraction of sp³-hybridized carbons (Fsp3) is 0.286. The molecule has 0 fully saturated rings. The highest BCUT2D eigenvalue weighted by molar-refractivity contribution is 7.91. The maximum absolute atomic E-state index is 12.5. The van der Waals surface area contributed by atoms with Gasteiger partial charge in [0.05, 0.1) is 6.04 Å². The highest BCUT2D eigenvalue weighted by Crippen LogP contribution is 2.25. The maximum atomic E-state index is 12.5. The molecule has 8 heteroatoms. The first-order valence-corrected chi connectivity index (χ1v) is 9.21. The minimum Gasteiger partial charge on any atom is -0.285 e. The van der Waals surface area contributed by atoms with Crippen LogP contribution in [0.3, 0.4) is 0 Å². The molecule has 3 rings (SSSR count). The van der Waals surface area contributed by atoms with E-state index in [1.807, 2.05) is 42.6 Å². The van der Waals surface area contributed by atoms with Gasteiger partial charge >= 0.3 is 0 Å². The first kappa shape index (κ1) is 15.1. The van der Waals surface area contributed by atoms with Gasteiger partial charge in [0, 0.05) is 6.20 Å². The third-order valence-electron chi connectivity index (χ3n) is 3.33. The van der Waals surface area contributed by atoms with Crippen LogP contribution in [-0.4, -0.2) is 23.0 Å². The number of rotatable bonds is 5. The van der Waals surface area contributed by atoms with Crippen LogP contribution in [0.1, 0.15) is 25.7 Å². The number of nitrogens with one attached hydrogen (secondary N) is 1. The van der Waals surface area contributed by atoms with Crippen LogP contribution in [0.15, 0.2) is 46.1 Å². The van der Waals surface area contributed by atoms with E-state index in [4.69, 9.17) is 0 Å². The molecular weight excluding hydrogens is 320 g/mol. The van der Waals surface area contributed by atoms with E-state index in [2.05, 4.69) is 14.9 Å². The van der Waals surface area contributed by atoms with Gasteiger partial charge in [0.25, 0.3) is 10.0 Å². The Labute approximate surface area is 132 Å². The predicted molar refractivity (Wildman–Crippen MR) is 85.2 cm³/mol. The molecule has 0 radical (unpaired) electrons. The lowest BCUT2D eigenvalue weighted by atomic mass is 10.1. The average molecular weight is 336 g/mol. The lowest BCUT2D eigenvalue weighted by molar-refractivity contribution is 0.441. The Hall–Kier alpha value is -1.77. The van der Waals surface area contributed by atoms with Gasteiger partial charge in [-0.1, -0.05) is 26.0 Å². The Morgan fingerprint density at radius 1 is 1.18 bits per heavy atom. The molecule has 1 N–H and O–H groups in total. The number of pyridine rings is 1. The predicted octanol–water partition coefficient (Wildman–Crippen LogP) is 2.47. The Kier molecular flexibility index (Phi) is 3.98. The molecule has 3 aromatic rings. The first-order chi connectivity index (χ1) is 10.5. The molecule has 0 amide bonds. The SMILES string of the molecule is CC(C)[C@@H](NS(=O)(=O)c1cccs1)c1nnc2ccccn12. The maximum Gasteiger partial charge on any atom is 0.250 e. The summed E-state index contributed by atoms with van der Waals surface area (Å²) in [5, 5.41) is 10.0. The third kappa shape index (κ3) is 2.77. The van der Waals surface area contributed by atoms with Crippen LogP contribution >= 0.6 is 11.3 Å². The molecular formula is C14H16N4O2S2. The molecule has 0 saturated heterocycles. The summed E-state index contributed by atoms with van der Waals surface area (Å²) in [6, 6.07) is 8.42. The smallest absolute Gasteiger partial charge is 0.250 e. The molecule has 0 saturated carbocycles. The standard InChI is InChI=1S/C14H16N4O2S2/c1-10(2)13(17-22(19,20)12-7-5-9-21-12)14-16-15-11-6-3-4-8-18(11)14/h3-10,13,17H,1-2H3/t13-/m1/s1. The van der Waals surface area contributed by atoms with Crippen LogP contribution < -0.4 is 4.72 Å². The average Bonchev–Trinajstić information content (AvgIpc) is 3.14. The molecule has 0 aliphatic rings. The summed E-state index contributed by atoms with van der Waals surface area (Å²) < 4.78 is 29.8. The molecule has 0 aromatic carbocycles. The molecule has 3 heterocycles. The number of aromatic nitrogens is 3. The number of hydrogen-bond donors (Lipinski definition) is 1. The normalized spacial score (nSPS) is 13.8. The van der Waals surface area contributed by atoms with Crippen LogP contribution in [0.2, 0.25) is 0 Å². The van der Waals surface area contributed by atoms with Crippen molar-refractivity contribution in [2.24, 2.45) is 5.92 Å². The second kappa shape index (κ2) is 5.79. The van der Waals surface area contributed by atoms with Crippen molar-refractivity contribution < 1.29 is 8.42 Å². The summed E-state index contributed by atoms with van der Waals surface area (Å²) in [6.07, 6.45) is 1.83. The van der Waals surface area contributed by atoms with Crippen LogP contribution in [0.4, 0.5) is 0 Å². The molecule has 22 heavy (non-hydrogen) atoms. The molecule has 116 valence electrons. The Balaban J connectivity index is 2.01. The zero-order valence-electron chi connectivity index (χ0n) is 12.2. The first-order valence-electron chi connectivity index (χ1n) is 6.84. The van der Waals surface area contributed by atoms with Crippen LogP contribution in [0.25, 0.3) is 5.65 Å². The molecule has 3 aromatic heterocycles. The van der Waals surface area contributed by atoms with E-state index in [0.29, 0.717) is 15.7 Å². The van der Waals surface area contributed by atoms with Gasteiger partial charge in [-0.25, -0.2) is 8.42 Å². The number of nitrogens with zero attached hydrogens (tertiary/aromatic N) is 3. The highest BCUT2D eigenvalue weighted by Gasteiger charge is 2.28. The van der Waals surface area contributed by atoms with E-state index in [0.717, 1.165) is 0 Å². The molecule has 0 spiro atoms. The van der Waals surface area contributed by atoms with Crippen molar-refractivity contribution in [2.75, 3.05) is 0 Å². The zero-order valence-corrected chi connectivity index (χ0v) is 13.8. The van der Waals surface area contributed by atoms with E-state index < -0.39 is 16.1 Å². The van der Waals surface area contributed by atoms with Crippen molar-refractivity contribution >= 4 is 27.0 Å². The topological polar surface area (TPSA) is 76.4 Å². The fourth-order valence-corrected chi connectivity index (χ4v) is 4.55. The van der Waals surface area contributed by atoms with Gasteiger partial charge in [0.2, 0.25) is 0 Å². The van der Waals surface area contributed by atoms with Crippen molar-refractivity contribution in [3.63, 3.8) is 0 Å². The second-order valence-corrected chi connectivity index (χ2v) is 8.15. The quantitative estimate of drug-likeness (QED) is 0.776. The molecule has 1 atom stereocenters. The number of thiophene rings is 1. The van der Waals surface area contributed by atoms with E-state index in [9.17, 15) is 8.42 Å². The van der Waals surface area contributed by atoms with E-state index >= 15 is 0 Å². The van der Waals surface area contributed by atoms with Crippen molar-refractivity contribution in [3.8, 4) is 0 Å². The largest absolute Gasteiger partial charge is 0.285 e. The zero-order chi connectivity index (χ0) is 15.7. The molecule has 0 aliphatic carbocycles. The highest BCUT2D eigenvalue weighted by atomic mass is 32.2. The number of hydrogen-bond acceptors (Lipinski definition) is 5. The Morgan fingerprint density at radius 3 is 2.68 bits per heavy atom. The van der Waals surface area contributed by atoms with Crippen LogP contribution in [0, 0.1) is 5.92 Å². The summed E-state index contributed by atoms with van der Waals surface area (Å²) >= 11 is 1.19. The Bertz CT molecular complexity index is 869. The molecule has 0 unspecified atom stereocenters. The van der Waals surface area contributed by atoms with Crippen molar-refractivity contribution in [1.29, 1.82) is 0 Å². The summed E-state index contributed by atoms with van der Waals surface area (Å²) in [5.74, 6) is 0.619. The van der Waals surface area contributed by atoms with Gasteiger partial charge in [-0.3, -0.25) is 4.40 Å². The molecule has 0 bridgehead atoms. The van der Waals surface area contributed by atoms with Crippen molar-refractivity contribution in [3.05, 3.63) is 47.7 Å². The van der Waals surface area contributed by atoms with Gasteiger partial charge in [-0.15, -0.1) is 21.5 Å². The van der Waals surface area contributed by atoms with Crippen molar-refractivity contribution in [2.45, 2.75) is 24.1 Å².